The number of rotatable bonds is 6. The minimum atomic E-state index is 0.242. The van der Waals surface area contributed by atoms with Gasteiger partial charge in [-0.2, -0.15) is 0 Å². The van der Waals surface area contributed by atoms with E-state index < -0.39 is 0 Å². The molecular weight excluding hydrogens is 176 g/mol. The molecule has 0 spiro atoms. The molecule has 0 aromatic carbocycles. The molecule has 1 N–H and O–H groups in total. The largest absolute Gasteiger partial charge is 0.395 e. The van der Waals surface area contributed by atoms with Crippen molar-refractivity contribution in [1.29, 1.82) is 0 Å². The van der Waals surface area contributed by atoms with E-state index in [1.165, 1.54) is 0 Å². The van der Waals surface area contributed by atoms with Crippen LogP contribution in [-0.2, 0) is 0 Å². The normalized spacial score (nSPS) is 12.6. The number of aliphatic hydroxyl groups is 1. The van der Waals surface area contributed by atoms with Crippen molar-refractivity contribution in [3.8, 4) is 0 Å². The fourth-order valence-corrected chi connectivity index (χ4v) is 0.846. The average Bonchev–Trinajstić information content (AvgIpc) is 2.26. The number of likely N-dealkylation sites (N-methyl/N-ethyl adjacent to an activating group) is 2. The van der Waals surface area contributed by atoms with Gasteiger partial charge >= 0.3 is 0 Å². The van der Waals surface area contributed by atoms with Crippen LogP contribution in [0, 0.1) is 0 Å². The molecule has 0 aliphatic carbocycles. The topological polar surface area (TPSA) is 26.7 Å². The quantitative estimate of drug-likeness (QED) is 0.706. The zero-order valence-electron chi connectivity index (χ0n) is 10.7. The average molecular weight is 204 g/mol. The Morgan fingerprint density at radius 1 is 1.14 bits per heavy atom. The standard InChI is InChI=1S/C9H22N2O.C2H6/c1-5-10(3)6-7-11(4)9(2)8-12;1-2/h9,12H,5-8H2,1-4H3;1-2H3. The van der Waals surface area contributed by atoms with Crippen LogP contribution in [0.25, 0.3) is 0 Å². The molecular formula is C11H28N2O. The summed E-state index contributed by atoms with van der Waals surface area (Å²) in [6.45, 7) is 11.6. The van der Waals surface area contributed by atoms with Gasteiger partial charge in [0.25, 0.3) is 0 Å². The summed E-state index contributed by atoms with van der Waals surface area (Å²) in [4.78, 5) is 4.44. The van der Waals surface area contributed by atoms with Crippen LogP contribution >= 0.6 is 0 Å². The molecule has 0 aliphatic heterocycles. The third kappa shape index (κ3) is 8.48. The molecule has 14 heavy (non-hydrogen) atoms. The van der Waals surface area contributed by atoms with E-state index in [1.54, 1.807) is 0 Å². The molecule has 0 aromatic heterocycles. The molecule has 0 bridgehead atoms. The smallest absolute Gasteiger partial charge is 0.0584 e. The summed E-state index contributed by atoms with van der Waals surface area (Å²) in [6, 6.07) is 0.273. The molecule has 3 heteroatoms. The van der Waals surface area contributed by atoms with E-state index in [-0.39, 0.29) is 12.6 Å². The Labute approximate surface area is 89.7 Å². The maximum absolute atomic E-state index is 8.87. The van der Waals surface area contributed by atoms with Crippen molar-refractivity contribution in [2.24, 2.45) is 0 Å². The summed E-state index contributed by atoms with van der Waals surface area (Å²) in [6.07, 6.45) is 0. The fraction of sp³-hybridized carbons (Fsp3) is 1.00. The Bertz CT molecular complexity index is 109. The van der Waals surface area contributed by atoms with E-state index >= 15 is 0 Å². The molecule has 88 valence electrons. The van der Waals surface area contributed by atoms with Gasteiger partial charge in [-0.1, -0.05) is 20.8 Å². The van der Waals surface area contributed by atoms with E-state index in [0.717, 1.165) is 19.6 Å². The Morgan fingerprint density at radius 3 is 2.00 bits per heavy atom. The Morgan fingerprint density at radius 2 is 1.64 bits per heavy atom. The third-order valence-electron chi connectivity index (χ3n) is 2.39. The van der Waals surface area contributed by atoms with Gasteiger partial charge in [-0.3, -0.25) is 0 Å². The maximum Gasteiger partial charge on any atom is 0.0584 e. The zero-order valence-corrected chi connectivity index (χ0v) is 10.7. The second kappa shape index (κ2) is 11.0. The van der Waals surface area contributed by atoms with Crippen LogP contribution < -0.4 is 0 Å². The van der Waals surface area contributed by atoms with E-state index in [4.69, 9.17) is 5.11 Å². The third-order valence-corrected chi connectivity index (χ3v) is 2.39. The lowest BCUT2D eigenvalue weighted by Gasteiger charge is -2.25. The van der Waals surface area contributed by atoms with Crippen molar-refractivity contribution in [3.63, 3.8) is 0 Å². The van der Waals surface area contributed by atoms with Crippen LogP contribution in [0.5, 0.6) is 0 Å². The van der Waals surface area contributed by atoms with E-state index in [0.29, 0.717) is 0 Å². The van der Waals surface area contributed by atoms with Gasteiger partial charge in [0.15, 0.2) is 0 Å². The Balaban J connectivity index is 0. The molecule has 0 radical (unpaired) electrons. The first-order chi connectivity index (χ1) is 6.61. The summed E-state index contributed by atoms with van der Waals surface area (Å²) in [5, 5.41) is 8.87. The fourth-order valence-electron chi connectivity index (χ4n) is 0.846. The van der Waals surface area contributed by atoms with Gasteiger partial charge in [-0.05, 0) is 27.6 Å². The number of nitrogens with zero attached hydrogens (tertiary/aromatic N) is 2. The van der Waals surface area contributed by atoms with E-state index in [9.17, 15) is 0 Å². The molecule has 0 aromatic rings. The molecule has 0 saturated heterocycles. The highest BCUT2D eigenvalue weighted by molar-refractivity contribution is 4.62. The highest BCUT2D eigenvalue weighted by atomic mass is 16.3. The molecule has 0 rings (SSSR count). The van der Waals surface area contributed by atoms with Crippen LogP contribution in [0.15, 0.2) is 0 Å². The summed E-state index contributed by atoms with van der Waals surface area (Å²) in [5.41, 5.74) is 0. The second-order valence-corrected chi connectivity index (χ2v) is 3.41. The molecule has 3 nitrogen and oxygen atoms in total. The molecule has 0 amide bonds. The van der Waals surface area contributed by atoms with Gasteiger partial charge in [-0.25, -0.2) is 0 Å². The molecule has 0 fully saturated rings. The second-order valence-electron chi connectivity index (χ2n) is 3.41. The first kappa shape index (κ1) is 16.3. The minimum absolute atomic E-state index is 0.242. The molecule has 1 atom stereocenters. The van der Waals surface area contributed by atoms with Gasteiger partial charge in [0.1, 0.15) is 0 Å². The monoisotopic (exact) mass is 204 g/mol. The van der Waals surface area contributed by atoms with Gasteiger partial charge in [0.05, 0.1) is 6.61 Å². The van der Waals surface area contributed by atoms with Crippen LogP contribution in [-0.4, -0.2) is 61.3 Å². The zero-order chi connectivity index (χ0) is 11.6. The van der Waals surface area contributed by atoms with E-state index in [2.05, 4.69) is 23.8 Å². The van der Waals surface area contributed by atoms with Gasteiger partial charge in [0, 0.05) is 19.1 Å². The SMILES string of the molecule is CC.CCN(C)CCN(C)C(C)CO. The van der Waals surface area contributed by atoms with Crippen molar-refractivity contribution in [2.75, 3.05) is 40.3 Å². The van der Waals surface area contributed by atoms with Crippen molar-refractivity contribution in [1.82, 2.24) is 9.80 Å². The number of aliphatic hydroxyl groups excluding tert-OH is 1. The van der Waals surface area contributed by atoms with Gasteiger partial charge < -0.3 is 14.9 Å². The summed E-state index contributed by atoms with van der Waals surface area (Å²) < 4.78 is 0. The minimum Gasteiger partial charge on any atom is -0.395 e. The van der Waals surface area contributed by atoms with Crippen molar-refractivity contribution in [2.45, 2.75) is 33.7 Å². The molecule has 0 heterocycles. The van der Waals surface area contributed by atoms with Crippen LogP contribution in [0.3, 0.4) is 0 Å². The van der Waals surface area contributed by atoms with Crippen LogP contribution in [0.2, 0.25) is 0 Å². The Kier molecular flexibility index (Phi) is 12.8. The van der Waals surface area contributed by atoms with Crippen molar-refractivity contribution in [3.05, 3.63) is 0 Å². The van der Waals surface area contributed by atoms with E-state index in [1.807, 2.05) is 27.8 Å². The number of hydrogen-bond acceptors (Lipinski definition) is 3. The summed E-state index contributed by atoms with van der Waals surface area (Å²) >= 11 is 0. The Hall–Kier alpha value is -0.120. The van der Waals surface area contributed by atoms with Crippen LogP contribution in [0.4, 0.5) is 0 Å². The number of hydrogen-bond donors (Lipinski definition) is 1. The highest BCUT2D eigenvalue weighted by Crippen LogP contribution is 1.93. The molecule has 1 unspecified atom stereocenters. The molecule has 0 saturated carbocycles. The predicted octanol–water partition coefficient (Wildman–Crippen LogP) is 1.28. The lowest BCUT2D eigenvalue weighted by atomic mass is 10.3. The lowest BCUT2D eigenvalue weighted by Crippen LogP contribution is -2.37. The first-order valence-electron chi connectivity index (χ1n) is 5.61. The first-order valence-corrected chi connectivity index (χ1v) is 5.61. The highest BCUT2D eigenvalue weighted by Gasteiger charge is 2.07. The molecule has 0 aliphatic rings. The predicted molar refractivity (Wildman–Crippen MR) is 63.7 cm³/mol. The summed E-state index contributed by atoms with van der Waals surface area (Å²) in [5.74, 6) is 0. The van der Waals surface area contributed by atoms with Crippen LogP contribution in [0.1, 0.15) is 27.7 Å². The van der Waals surface area contributed by atoms with Crippen molar-refractivity contribution < 1.29 is 5.11 Å². The van der Waals surface area contributed by atoms with Gasteiger partial charge in [0.2, 0.25) is 0 Å². The van der Waals surface area contributed by atoms with Gasteiger partial charge in [-0.15, -0.1) is 0 Å². The lowest BCUT2D eigenvalue weighted by molar-refractivity contribution is 0.147. The van der Waals surface area contributed by atoms with Crippen molar-refractivity contribution >= 4 is 0 Å². The maximum atomic E-state index is 8.87. The summed E-state index contributed by atoms with van der Waals surface area (Å²) in [7, 11) is 4.15.